The molecule has 5 heteroatoms. The Balaban J connectivity index is 1.38. The highest BCUT2D eigenvalue weighted by Crippen LogP contribution is 2.24. The Morgan fingerprint density at radius 3 is 2.50 bits per heavy atom. The molecule has 1 amide bonds. The predicted molar refractivity (Wildman–Crippen MR) is 117 cm³/mol. The second-order valence-electron chi connectivity index (χ2n) is 7.88. The lowest BCUT2D eigenvalue weighted by Gasteiger charge is -2.30. The van der Waals surface area contributed by atoms with Gasteiger partial charge in [-0.3, -0.25) is 9.59 Å². The van der Waals surface area contributed by atoms with E-state index in [1.807, 2.05) is 59.6 Å². The molecule has 30 heavy (non-hydrogen) atoms. The van der Waals surface area contributed by atoms with Crippen LogP contribution in [0.15, 0.2) is 60.8 Å². The van der Waals surface area contributed by atoms with Gasteiger partial charge in [0, 0.05) is 42.2 Å². The molecule has 1 aliphatic rings. The zero-order chi connectivity index (χ0) is 20.8. The van der Waals surface area contributed by atoms with Crippen molar-refractivity contribution < 1.29 is 14.3 Å². The van der Waals surface area contributed by atoms with E-state index in [4.69, 9.17) is 4.74 Å². The van der Waals surface area contributed by atoms with Crippen molar-refractivity contribution in [2.45, 2.75) is 44.6 Å². The molecule has 2 heterocycles. The Bertz CT molecular complexity index is 990. The molecule has 2 aromatic carbocycles. The van der Waals surface area contributed by atoms with Crippen LogP contribution in [0.1, 0.15) is 49.3 Å². The van der Waals surface area contributed by atoms with Crippen LogP contribution in [0.2, 0.25) is 0 Å². The van der Waals surface area contributed by atoms with Crippen molar-refractivity contribution in [3.8, 4) is 0 Å². The standard InChI is InChI=1S/C25H28N2O3/c28-23(15-9-12-20-18-26-22-14-6-5-13-21(20)22)30-24(19-10-3-1-4-11-19)25(29)27-16-7-2-8-17-27/h1,3-6,10-11,13-14,18,24,26H,2,7-9,12,15-17H2/t24-/m0/s1. The molecule has 0 spiro atoms. The molecular weight excluding hydrogens is 376 g/mol. The van der Waals surface area contributed by atoms with Crippen LogP contribution >= 0.6 is 0 Å². The normalized spacial score (nSPS) is 15.1. The summed E-state index contributed by atoms with van der Waals surface area (Å²) in [5, 5.41) is 1.19. The van der Waals surface area contributed by atoms with Crippen LogP contribution in [0.5, 0.6) is 0 Å². The number of esters is 1. The van der Waals surface area contributed by atoms with Crippen LogP contribution < -0.4 is 0 Å². The number of hydrogen-bond donors (Lipinski definition) is 1. The van der Waals surface area contributed by atoms with E-state index >= 15 is 0 Å². The molecule has 1 aliphatic heterocycles. The minimum Gasteiger partial charge on any atom is -0.447 e. The van der Waals surface area contributed by atoms with Crippen molar-refractivity contribution in [3.05, 3.63) is 71.9 Å². The number of aromatic amines is 1. The molecule has 0 unspecified atom stereocenters. The molecule has 1 aromatic heterocycles. The van der Waals surface area contributed by atoms with E-state index in [0.29, 0.717) is 6.42 Å². The van der Waals surface area contributed by atoms with Crippen LogP contribution in [-0.2, 0) is 20.7 Å². The molecule has 3 aromatic rings. The van der Waals surface area contributed by atoms with Gasteiger partial charge in [0.1, 0.15) is 0 Å². The van der Waals surface area contributed by atoms with Gasteiger partial charge in [-0.1, -0.05) is 48.5 Å². The van der Waals surface area contributed by atoms with E-state index in [2.05, 4.69) is 11.1 Å². The van der Waals surface area contributed by atoms with Gasteiger partial charge in [0.2, 0.25) is 6.10 Å². The lowest BCUT2D eigenvalue weighted by atomic mass is 10.1. The van der Waals surface area contributed by atoms with E-state index in [1.165, 1.54) is 10.9 Å². The van der Waals surface area contributed by atoms with Crippen molar-refractivity contribution in [2.24, 2.45) is 0 Å². The van der Waals surface area contributed by atoms with Gasteiger partial charge < -0.3 is 14.6 Å². The number of rotatable bonds is 7. The number of hydrogen-bond acceptors (Lipinski definition) is 3. The molecule has 1 fully saturated rings. The number of carbonyl (C=O) groups is 2. The van der Waals surface area contributed by atoms with Crippen LogP contribution in [-0.4, -0.2) is 34.8 Å². The number of benzene rings is 2. The maximum atomic E-state index is 13.1. The summed E-state index contributed by atoms with van der Waals surface area (Å²) in [6.07, 6.45) is 6.06. The van der Waals surface area contributed by atoms with Crippen molar-refractivity contribution in [3.63, 3.8) is 0 Å². The molecule has 1 N–H and O–H groups in total. The zero-order valence-corrected chi connectivity index (χ0v) is 17.2. The molecule has 156 valence electrons. The number of nitrogens with zero attached hydrogens (tertiary/aromatic N) is 1. The number of aryl methyl sites for hydroxylation is 1. The number of aromatic nitrogens is 1. The third-order valence-corrected chi connectivity index (χ3v) is 5.75. The summed E-state index contributed by atoms with van der Waals surface area (Å²) < 4.78 is 5.72. The summed E-state index contributed by atoms with van der Waals surface area (Å²) in [5.74, 6) is -0.431. The van der Waals surface area contributed by atoms with Gasteiger partial charge in [0.15, 0.2) is 0 Å². The van der Waals surface area contributed by atoms with Gasteiger partial charge in [0.25, 0.3) is 5.91 Å². The largest absolute Gasteiger partial charge is 0.447 e. The SMILES string of the molecule is O=C(CCCc1c[nH]c2ccccc12)O[C@H](C(=O)N1CCCCC1)c1ccccc1. The van der Waals surface area contributed by atoms with Gasteiger partial charge in [0.05, 0.1) is 0 Å². The molecule has 4 rings (SSSR count). The van der Waals surface area contributed by atoms with Crippen molar-refractivity contribution in [1.29, 1.82) is 0 Å². The van der Waals surface area contributed by atoms with Gasteiger partial charge in [-0.05, 0) is 43.7 Å². The first-order chi connectivity index (χ1) is 14.7. The van der Waals surface area contributed by atoms with E-state index in [9.17, 15) is 9.59 Å². The van der Waals surface area contributed by atoms with Crippen LogP contribution in [0, 0.1) is 0 Å². The number of nitrogens with one attached hydrogen (secondary N) is 1. The molecule has 5 nitrogen and oxygen atoms in total. The summed E-state index contributed by atoms with van der Waals surface area (Å²) in [6, 6.07) is 17.5. The lowest BCUT2D eigenvalue weighted by molar-refractivity contribution is -0.161. The fourth-order valence-corrected chi connectivity index (χ4v) is 4.12. The molecule has 1 atom stereocenters. The summed E-state index contributed by atoms with van der Waals surface area (Å²) in [6.45, 7) is 1.47. The number of carbonyl (C=O) groups excluding carboxylic acids is 2. The number of piperidine rings is 1. The minimum absolute atomic E-state index is 0.106. The third kappa shape index (κ3) is 4.73. The van der Waals surface area contributed by atoms with E-state index < -0.39 is 6.10 Å². The molecule has 0 aliphatic carbocycles. The second-order valence-corrected chi connectivity index (χ2v) is 7.88. The first-order valence-corrected chi connectivity index (χ1v) is 10.8. The maximum absolute atomic E-state index is 13.1. The Hall–Kier alpha value is -3.08. The topological polar surface area (TPSA) is 62.4 Å². The molecule has 0 bridgehead atoms. The number of fused-ring (bicyclic) bond motifs is 1. The number of H-pyrrole nitrogens is 1. The molecular formula is C25H28N2O3. The van der Waals surface area contributed by atoms with Crippen LogP contribution in [0.25, 0.3) is 10.9 Å². The van der Waals surface area contributed by atoms with Gasteiger partial charge >= 0.3 is 5.97 Å². The highest BCUT2D eigenvalue weighted by Gasteiger charge is 2.30. The first-order valence-electron chi connectivity index (χ1n) is 10.8. The van der Waals surface area contributed by atoms with E-state index in [0.717, 1.165) is 49.9 Å². The Labute approximate surface area is 177 Å². The summed E-state index contributed by atoms with van der Waals surface area (Å²) in [5.41, 5.74) is 3.03. The Morgan fingerprint density at radius 2 is 1.70 bits per heavy atom. The minimum atomic E-state index is -0.857. The summed E-state index contributed by atoms with van der Waals surface area (Å²) >= 11 is 0. The quantitative estimate of drug-likeness (QED) is 0.576. The van der Waals surface area contributed by atoms with Gasteiger partial charge in [-0.25, -0.2) is 0 Å². The average Bonchev–Trinajstić information content (AvgIpc) is 3.21. The Morgan fingerprint density at radius 1 is 0.967 bits per heavy atom. The smallest absolute Gasteiger partial charge is 0.306 e. The number of para-hydroxylation sites is 1. The lowest BCUT2D eigenvalue weighted by Crippen LogP contribution is -2.40. The molecule has 1 saturated heterocycles. The monoisotopic (exact) mass is 404 g/mol. The fourth-order valence-electron chi connectivity index (χ4n) is 4.12. The van der Waals surface area contributed by atoms with Crippen molar-refractivity contribution in [2.75, 3.05) is 13.1 Å². The van der Waals surface area contributed by atoms with Gasteiger partial charge in [-0.2, -0.15) is 0 Å². The average molecular weight is 405 g/mol. The highest BCUT2D eigenvalue weighted by atomic mass is 16.5. The van der Waals surface area contributed by atoms with Crippen LogP contribution in [0.4, 0.5) is 0 Å². The highest BCUT2D eigenvalue weighted by molar-refractivity contribution is 5.85. The second kappa shape index (κ2) is 9.61. The van der Waals surface area contributed by atoms with E-state index in [-0.39, 0.29) is 18.3 Å². The predicted octanol–water partition coefficient (Wildman–Crippen LogP) is 4.79. The molecule has 0 radical (unpaired) electrons. The Kier molecular flexibility index (Phi) is 6.47. The number of amides is 1. The number of likely N-dealkylation sites (tertiary alicyclic amines) is 1. The summed E-state index contributed by atoms with van der Waals surface area (Å²) in [7, 11) is 0. The van der Waals surface area contributed by atoms with Crippen molar-refractivity contribution in [1.82, 2.24) is 9.88 Å². The maximum Gasteiger partial charge on any atom is 0.306 e. The van der Waals surface area contributed by atoms with Crippen molar-refractivity contribution >= 4 is 22.8 Å². The van der Waals surface area contributed by atoms with E-state index in [1.54, 1.807) is 0 Å². The molecule has 0 saturated carbocycles. The first kappa shape index (κ1) is 20.2. The number of ether oxygens (including phenoxy) is 1. The summed E-state index contributed by atoms with van der Waals surface area (Å²) in [4.78, 5) is 30.8. The van der Waals surface area contributed by atoms with Crippen LogP contribution in [0.3, 0.4) is 0 Å². The zero-order valence-electron chi connectivity index (χ0n) is 17.2. The third-order valence-electron chi connectivity index (χ3n) is 5.75. The fraction of sp³-hybridized carbons (Fsp3) is 0.360. The van der Waals surface area contributed by atoms with Gasteiger partial charge in [-0.15, -0.1) is 0 Å².